The zero-order valence-electron chi connectivity index (χ0n) is 13.4. The number of imide groups is 1. The van der Waals surface area contributed by atoms with Gasteiger partial charge in [0, 0.05) is 5.69 Å². The predicted octanol–water partition coefficient (Wildman–Crippen LogP) is 2.36. The van der Waals surface area contributed by atoms with E-state index in [1.54, 1.807) is 0 Å². The molecule has 1 aromatic carbocycles. The second kappa shape index (κ2) is 6.52. The number of likely N-dealkylation sites (tertiary alicyclic amines) is 1. The summed E-state index contributed by atoms with van der Waals surface area (Å²) in [4.78, 5) is 38.1. The zero-order valence-corrected chi connectivity index (χ0v) is 13.4. The van der Waals surface area contributed by atoms with Gasteiger partial charge in [0.1, 0.15) is 6.54 Å². The van der Waals surface area contributed by atoms with E-state index in [-0.39, 0.29) is 36.1 Å². The Hall–Kier alpha value is -2.17. The molecule has 3 amide bonds. The van der Waals surface area contributed by atoms with Crippen molar-refractivity contribution >= 4 is 23.4 Å². The van der Waals surface area contributed by atoms with Crippen LogP contribution in [0.25, 0.3) is 0 Å². The van der Waals surface area contributed by atoms with Crippen molar-refractivity contribution in [1.29, 1.82) is 0 Å². The molecule has 3 rings (SSSR count). The van der Waals surface area contributed by atoms with Gasteiger partial charge in [0.25, 0.3) is 0 Å². The minimum Gasteiger partial charge on any atom is -0.325 e. The van der Waals surface area contributed by atoms with E-state index in [2.05, 4.69) is 5.32 Å². The summed E-state index contributed by atoms with van der Waals surface area (Å²) in [6.45, 7) is 1.87. The van der Waals surface area contributed by atoms with Gasteiger partial charge in [-0.3, -0.25) is 19.3 Å². The van der Waals surface area contributed by atoms with Gasteiger partial charge in [-0.1, -0.05) is 31.9 Å². The van der Waals surface area contributed by atoms with Crippen LogP contribution in [0.15, 0.2) is 24.3 Å². The fourth-order valence-electron chi connectivity index (χ4n) is 3.60. The number of carbonyl (C=O) groups is 3. The number of nitrogens with one attached hydrogen (secondary N) is 1. The highest BCUT2D eigenvalue weighted by Gasteiger charge is 2.48. The van der Waals surface area contributed by atoms with Gasteiger partial charge in [-0.05, 0) is 37.0 Å². The third-order valence-electron chi connectivity index (χ3n) is 4.85. The topological polar surface area (TPSA) is 66.5 Å². The van der Waals surface area contributed by atoms with Gasteiger partial charge < -0.3 is 5.32 Å². The van der Waals surface area contributed by atoms with Crippen molar-refractivity contribution in [2.75, 3.05) is 11.9 Å². The summed E-state index contributed by atoms with van der Waals surface area (Å²) in [7, 11) is 0. The van der Waals surface area contributed by atoms with Crippen molar-refractivity contribution in [2.24, 2.45) is 11.8 Å². The number of amides is 3. The Morgan fingerprint density at radius 3 is 2.43 bits per heavy atom. The van der Waals surface area contributed by atoms with Crippen LogP contribution in [-0.2, 0) is 20.8 Å². The summed E-state index contributed by atoms with van der Waals surface area (Å²) in [5.74, 6) is -1.06. The molecule has 2 fully saturated rings. The smallest absolute Gasteiger partial charge is 0.244 e. The SMILES string of the molecule is CCc1cccc(NC(=O)CN2C(=O)[C@H]3CCCC[C@H]3C2=O)c1. The first-order valence-corrected chi connectivity index (χ1v) is 8.34. The molecular formula is C18H22N2O3. The molecule has 2 aliphatic rings. The average Bonchev–Trinajstić information content (AvgIpc) is 2.80. The van der Waals surface area contributed by atoms with E-state index in [1.807, 2.05) is 31.2 Å². The van der Waals surface area contributed by atoms with Crippen LogP contribution in [0.3, 0.4) is 0 Å². The van der Waals surface area contributed by atoms with Crippen LogP contribution >= 0.6 is 0 Å². The third kappa shape index (κ3) is 3.14. The largest absolute Gasteiger partial charge is 0.325 e. The summed E-state index contributed by atoms with van der Waals surface area (Å²) in [5, 5.41) is 2.78. The molecule has 122 valence electrons. The van der Waals surface area contributed by atoms with E-state index < -0.39 is 0 Å². The number of carbonyl (C=O) groups excluding carboxylic acids is 3. The quantitative estimate of drug-likeness (QED) is 0.868. The standard InChI is InChI=1S/C18H22N2O3/c1-2-12-6-5-7-13(10-12)19-16(21)11-20-17(22)14-8-3-4-9-15(14)18(20)23/h5-7,10,14-15H,2-4,8-9,11H2,1H3,(H,19,21)/t14-,15+. The van der Waals surface area contributed by atoms with Crippen LogP contribution in [-0.4, -0.2) is 29.2 Å². The van der Waals surface area contributed by atoms with Crippen molar-refractivity contribution in [1.82, 2.24) is 4.90 Å². The van der Waals surface area contributed by atoms with Crippen molar-refractivity contribution in [3.8, 4) is 0 Å². The average molecular weight is 314 g/mol. The second-order valence-electron chi connectivity index (χ2n) is 6.36. The first-order valence-electron chi connectivity index (χ1n) is 8.34. The molecule has 0 spiro atoms. The Bertz CT molecular complexity index is 617. The molecule has 1 saturated heterocycles. The Morgan fingerprint density at radius 2 is 1.83 bits per heavy atom. The van der Waals surface area contributed by atoms with Crippen molar-refractivity contribution in [3.63, 3.8) is 0 Å². The first kappa shape index (κ1) is 15.7. The Labute approximate surface area is 136 Å². The van der Waals surface area contributed by atoms with Crippen molar-refractivity contribution in [3.05, 3.63) is 29.8 Å². The maximum absolute atomic E-state index is 12.4. The molecule has 23 heavy (non-hydrogen) atoms. The summed E-state index contributed by atoms with van der Waals surface area (Å²) in [6, 6.07) is 7.60. The summed E-state index contributed by atoms with van der Waals surface area (Å²) >= 11 is 0. The Morgan fingerprint density at radius 1 is 1.17 bits per heavy atom. The molecule has 5 nitrogen and oxygen atoms in total. The molecule has 1 heterocycles. The second-order valence-corrected chi connectivity index (χ2v) is 6.36. The van der Waals surface area contributed by atoms with Crippen molar-refractivity contribution < 1.29 is 14.4 Å². The van der Waals surface area contributed by atoms with E-state index in [0.717, 1.165) is 42.6 Å². The van der Waals surface area contributed by atoms with E-state index >= 15 is 0 Å². The van der Waals surface area contributed by atoms with Crippen LogP contribution < -0.4 is 5.32 Å². The van der Waals surface area contributed by atoms with Crippen molar-refractivity contribution in [2.45, 2.75) is 39.0 Å². The molecule has 0 unspecified atom stereocenters. The van der Waals surface area contributed by atoms with Gasteiger partial charge in [0.05, 0.1) is 11.8 Å². The number of aryl methyl sites for hydroxylation is 1. The number of fused-ring (bicyclic) bond motifs is 1. The maximum atomic E-state index is 12.4. The van der Waals surface area contributed by atoms with Gasteiger partial charge >= 0.3 is 0 Å². The van der Waals surface area contributed by atoms with E-state index in [9.17, 15) is 14.4 Å². The monoisotopic (exact) mass is 314 g/mol. The van der Waals surface area contributed by atoms with E-state index in [0.29, 0.717) is 5.69 Å². The molecular weight excluding hydrogens is 292 g/mol. The number of nitrogens with zero attached hydrogens (tertiary/aromatic N) is 1. The number of benzene rings is 1. The van der Waals surface area contributed by atoms with Crippen LogP contribution in [0, 0.1) is 11.8 Å². The highest BCUT2D eigenvalue weighted by molar-refractivity contribution is 6.08. The lowest BCUT2D eigenvalue weighted by atomic mass is 9.81. The number of anilines is 1. The fraction of sp³-hybridized carbons (Fsp3) is 0.500. The minimum atomic E-state index is -0.321. The van der Waals surface area contributed by atoms with Gasteiger partial charge in [-0.25, -0.2) is 0 Å². The van der Waals surface area contributed by atoms with E-state index in [4.69, 9.17) is 0 Å². The molecule has 1 saturated carbocycles. The van der Waals surface area contributed by atoms with Crippen LogP contribution in [0.4, 0.5) is 5.69 Å². The minimum absolute atomic E-state index is 0.169. The molecule has 0 bridgehead atoms. The molecule has 1 aromatic rings. The molecule has 1 aliphatic heterocycles. The molecule has 1 aliphatic carbocycles. The van der Waals surface area contributed by atoms with Gasteiger partial charge in [-0.2, -0.15) is 0 Å². The number of hydrogen-bond donors (Lipinski definition) is 1. The molecule has 1 N–H and O–H groups in total. The van der Waals surface area contributed by atoms with Crippen LogP contribution in [0.2, 0.25) is 0 Å². The number of hydrogen-bond acceptors (Lipinski definition) is 3. The van der Waals surface area contributed by atoms with E-state index in [1.165, 1.54) is 0 Å². The summed E-state index contributed by atoms with van der Waals surface area (Å²) < 4.78 is 0. The summed E-state index contributed by atoms with van der Waals surface area (Å²) in [6.07, 6.45) is 4.40. The molecule has 0 aromatic heterocycles. The van der Waals surface area contributed by atoms with Crippen LogP contribution in [0.1, 0.15) is 38.2 Å². The van der Waals surface area contributed by atoms with Crippen LogP contribution in [0.5, 0.6) is 0 Å². The lowest BCUT2D eigenvalue weighted by Crippen LogP contribution is -2.38. The molecule has 0 radical (unpaired) electrons. The van der Waals surface area contributed by atoms with Gasteiger partial charge in [-0.15, -0.1) is 0 Å². The maximum Gasteiger partial charge on any atom is 0.244 e. The highest BCUT2D eigenvalue weighted by atomic mass is 16.2. The normalized spacial score (nSPS) is 23.8. The lowest BCUT2D eigenvalue weighted by molar-refractivity contribution is -0.142. The highest BCUT2D eigenvalue weighted by Crippen LogP contribution is 2.37. The Balaban J connectivity index is 1.65. The zero-order chi connectivity index (χ0) is 16.4. The van der Waals surface area contributed by atoms with Gasteiger partial charge in [0.15, 0.2) is 0 Å². The molecule has 2 atom stereocenters. The first-order chi connectivity index (χ1) is 11.1. The fourth-order valence-corrected chi connectivity index (χ4v) is 3.60. The lowest BCUT2D eigenvalue weighted by Gasteiger charge is -2.19. The predicted molar refractivity (Wildman–Crippen MR) is 86.6 cm³/mol. The van der Waals surface area contributed by atoms with Gasteiger partial charge in [0.2, 0.25) is 17.7 Å². The summed E-state index contributed by atoms with van der Waals surface area (Å²) in [5.41, 5.74) is 1.83. The third-order valence-corrected chi connectivity index (χ3v) is 4.85. The Kier molecular flexibility index (Phi) is 4.46. The number of rotatable bonds is 4. The molecule has 5 heteroatoms.